The van der Waals surface area contributed by atoms with Gasteiger partial charge in [0.1, 0.15) is 5.75 Å². The fourth-order valence-corrected chi connectivity index (χ4v) is 2.52. The monoisotopic (exact) mass is 289 g/mol. The summed E-state index contributed by atoms with van der Waals surface area (Å²) in [5.41, 5.74) is 7.27. The van der Waals surface area contributed by atoms with Crippen LogP contribution in [0.2, 0.25) is 0 Å². The van der Waals surface area contributed by atoms with E-state index in [0.717, 1.165) is 16.2 Å². The highest BCUT2D eigenvalue weighted by Crippen LogP contribution is 2.26. The predicted octanol–water partition coefficient (Wildman–Crippen LogP) is 2.48. The second kappa shape index (κ2) is 6.81. The van der Waals surface area contributed by atoms with Crippen molar-refractivity contribution in [1.82, 2.24) is 4.98 Å². The minimum absolute atomic E-state index is 0.0372. The maximum Gasteiger partial charge on any atom is 0.173 e. The average Bonchev–Trinajstić information content (AvgIpc) is 2.52. The van der Waals surface area contributed by atoms with Crippen molar-refractivity contribution in [3.63, 3.8) is 0 Å². The highest BCUT2D eigenvalue weighted by atomic mass is 32.2. The average molecular weight is 289 g/mol. The van der Waals surface area contributed by atoms with Crippen molar-refractivity contribution in [2.45, 2.75) is 10.6 Å². The van der Waals surface area contributed by atoms with E-state index in [1.807, 2.05) is 24.3 Å². The van der Waals surface area contributed by atoms with Gasteiger partial charge in [-0.2, -0.15) is 0 Å². The first kappa shape index (κ1) is 14.2. The molecule has 0 unspecified atom stereocenters. The number of aromatic nitrogens is 1. The highest BCUT2D eigenvalue weighted by Gasteiger charge is 2.09. The molecule has 5 nitrogen and oxygen atoms in total. The zero-order valence-corrected chi connectivity index (χ0v) is 11.8. The van der Waals surface area contributed by atoms with Crippen LogP contribution in [-0.2, 0) is 5.75 Å². The molecule has 20 heavy (non-hydrogen) atoms. The van der Waals surface area contributed by atoms with Gasteiger partial charge < -0.3 is 15.7 Å². The van der Waals surface area contributed by atoms with Crippen LogP contribution in [0.25, 0.3) is 0 Å². The summed E-state index contributed by atoms with van der Waals surface area (Å²) in [5.74, 6) is 1.43. The van der Waals surface area contributed by atoms with Crippen LogP contribution in [0.15, 0.2) is 52.8 Å². The molecule has 2 rings (SSSR count). The Bertz CT molecular complexity index is 603. The summed E-state index contributed by atoms with van der Waals surface area (Å²) in [4.78, 5) is 5.14. The number of rotatable bonds is 5. The van der Waals surface area contributed by atoms with Crippen molar-refractivity contribution >= 4 is 17.6 Å². The molecular weight excluding hydrogens is 274 g/mol. The van der Waals surface area contributed by atoms with Gasteiger partial charge in [-0.3, -0.25) is 4.98 Å². The van der Waals surface area contributed by atoms with Crippen molar-refractivity contribution in [1.29, 1.82) is 0 Å². The SMILES string of the molecule is COc1cc(CSc2ccncc2)ccc1/C(N)=N/O. The Kier molecular flexibility index (Phi) is 4.84. The molecular formula is C14H15N3O2S. The first-order valence-corrected chi connectivity index (χ1v) is 6.91. The maximum absolute atomic E-state index is 8.73. The van der Waals surface area contributed by atoms with E-state index in [1.165, 1.54) is 0 Å². The number of ether oxygens (including phenoxy) is 1. The van der Waals surface area contributed by atoms with E-state index in [4.69, 9.17) is 15.7 Å². The van der Waals surface area contributed by atoms with Gasteiger partial charge in [-0.15, -0.1) is 11.8 Å². The lowest BCUT2D eigenvalue weighted by atomic mass is 10.1. The quantitative estimate of drug-likeness (QED) is 0.290. The van der Waals surface area contributed by atoms with Gasteiger partial charge in [-0.1, -0.05) is 11.2 Å². The standard InChI is InChI=1S/C14H15N3O2S/c1-19-13-8-10(2-3-12(13)14(15)17-18)9-20-11-4-6-16-7-5-11/h2-8,18H,9H2,1H3,(H2,15,17). The second-order valence-corrected chi connectivity index (χ2v) is 5.04. The van der Waals surface area contributed by atoms with Gasteiger partial charge in [0.2, 0.25) is 0 Å². The zero-order chi connectivity index (χ0) is 14.4. The minimum atomic E-state index is 0.0372. The number of benzene rings is 1. The molecule has 0 aliphatic heterocycles. The number of hydrogen-bond acceptors (Lipinski definition) is 5. The van der Waals surface area contributed by atoms with Crippen molar-refractivity contribution in [2.75, 3.05) is 7.11 Å². The number of hydrogen-bond donors (Lipinski definition) is 2. The molecule has 1 aromatic heterocycles. The fraction of sp³-hybridized carbons (Fsp3) is 0.143. The number of nitrogens with zero attached hydrogens (tertiary/aromatic N) is 2. The Balaban J connectivity index is 2.14. The first-order chi connectivity index (χ1) is 9.74. The summed E-state index contributed by atoms with van der Waals surface area (Å²) < 4.78 is 5.27. The number of methoxy groups -OCH3 is 1. The summed E-state index contributed by atoms with van der Waals surface area (Å²) in [7, 11) is 1.56. The third kappa shape index (κ3) is 3.42. The first-order valence-electron chi connectivity index (χ1n) is 5.92. The van der Waals surface area contributed by atoms with Crippen molar-refractivity contribution < 1.29 is 9.94 Å². The van der Waals surface area contributed by atoms with Crippen molar-refractivity contribution in [3.8, 4) is 5.75 Å². The summed E-state index contributed by atoms with van der Waals surface area (Å²) in [5, 5.41) is 11.7. The summed E-state index contributed by atoms with van der Waals surface area (Å²) in [6, 6.07) is 9.54. The molecule has 0 spiro atoms. The van der Waals surface area contributed by atoms with E-state index in [1.54, 1.807) is 37.3 Å². The molecule has 0 saturated carbocycles. The van der Waals surface area contributed by atoms with Gasteiger partial charge in [0, 0.05) is 23.0 Å². The van der Waals surface area contributed by atoms with Gasteiger partial charge in [0.15, 0.2) is 5.84 Å². The Morgan fingerprint density at radius 3 is 2.75 bits per heavy atom. The summed E-state index contributed by atoms with van der Waals surface area (Å²) in [6.45, 7) is 0. The van der Waals surface area contributed by atoms with Gasteiger partial charge in [-0.25, -0.2) is 0 Å². The number of oxime groups is 1. The molecule has 0 bridgehead atoms. The molecule has 104 valence electrons. The Labute approximate surface area is 121 Å². The van der Waals surface area contributed by atoms with E-state index in [2.05, 4.69) is 10.1 Å². The molecule has 0 saturated heterocycles. The minimum Gasteiger partial charge on any atom is -0.496 e. The maximum atomic E-state index is 8.73. The van der Waals surface area contributed by atoms with E-state index in [0.29, 0.717) is 11.3 Å². The van der Waals surface area contributed by atoms with Gasteiger partial charge >= 0.3 is 0 Å². The molecule has 0 aliphatic carbocycles. The normalized spacial score (nSPS) is 11.3. The lowest BCUT2D eigenvalue weighted by Gasteiger charge is -2.09. The van der Waals surface area contributed by atoms with Crippen LogP contribution in [0.5, 0.6) is 5.75 Å². The van der Waals surface area contributed by atoms with Crippen LogP contribution in [-0.4, -0.2) is 23.1 Å². The van der Waals surface area contributed by atoms with Crippen molar-refractivity contribution in [3.05, 3.63) is 53.9 Å². The highest BCUT2D eigenvalue weighted by molar-refractivity contribution is 7.98. The summed E-state index contributed by atoms with van der Waals surface area (Å²) >= 11 is 1.71. The third-order valence-corrected chi connectivity index (χ3v) is 3.79. The van der Waals surface area contributed by atoms with E-state index < -0.39 is 0 Å². The molecule has 1 aromatic carbocycles. The molecule has 0 fully saturated rings. The van der Waals surface area contributed by atoms with Gasteiger partial charge in [0.05, 0.1) is 12.7 Å². The Hall–Kier alpha value is -2.21. The topological polar surface area (TPSA) is 80.7 Å². The van der Waals surface area contributed by atoms with E-state index in [-0.39, 0.29) is 5.84 Å². The summed E-state index contributed by atoms with van der Waals surface area (Å²) in [6.07, 6.45) is 3.54. The van der Waals surface area contributed by atoms with Crippen LogP contribution in [0.1, 0.15) is 11.1 Å². The smallest absolute Gasteiger partial charge is 0.173 e. The van der Waals surface area contributed by atoms with Gasteiger partial charge in [-0.05, 0) is 29.8 Å². The molecule has 2 aromatic rings. The van der Waals surface area contributed by atoms with Crippen molar-refractivity contribution in [2.24, 2.45) is 10.9 Å². The van der Waals surface area contributed by atoms with Crippen LogP contribution in [0, 0.1) is 0 Å². The van der Waals surface area contributed by atoms with Crippen LogP contribution in [0.3, 0.4) is 0 Å². The molecule has 0 amide bonds. The van der Waals surface area contributed by atoms with Gasteiger partial charge in [0.25, 0.3) is 0 Å². The van der Waals surface area contributed by atoms with Crippen LogP contribution in [0.4, 0.5) is 0 Å². The van der Waals surface area contributed by atoms with E-state index >= 15 is 0 Å². The number of nitrogens with two attached hydrogens (primary N) is 1. The Morgan fingerprint density at radius 1 is 1.35 bits per heavy atom. The van der Waals surface area contributed by atoms with Crippen LogP contribution < -0.4 is 10.5 Å². The lowest BCUT2D eigenvalue weighted by Crippen LogP contribution is -2.14. The molecule has 1 heterocycles. The molecule has 6 heteroatoms. The number of amidine groups is 1. The molecule has 3 N–H and O–H groups in total. The molecule has 0 radical (unpaired) electrons. The predicted molar refractivity (Wildman–Crippen MR) is 79.3 cm³/mol. The number of thioether (sulfide) groups is 1. The lowest BCUT2D eigenvalue weighted by molar-refractivity contribution is 0.318. The molecule has 0 aliphatic rings. The van der Waals surface area contributed by atoms with E-state index in [9.17, 15) is 0 Å². The van der Waals surface area contributed by atoms with Crippen LogP contribution >= 0.6 is 11.8 Å². The largest absolute Gasteiger partial charge is 0.496 e. The fourth-order valence-electron chi connectivity index (χ4n) is 1.69. The third-order valence-electron chi connectivity index (χ3n) is 2.70. The number of pyridine rings is 1. The molecule has 0 atom stereocenters. The zero-order valence-electron chi connectivity index (χ0n) is 11.0. The second-order valence-electron chi connectivity index (χ2n) is 3.99. The Morgan fingerprint density at radius 2 is 2.10 bits per heavy atom.